The van der Waals surface area contributed by atoms with Gasteiger partial charge in [0.1, 0.15) is 6.17 Å². The van der Waals surface area contributed by atoms with Crippen LogP contribution in [-0.4, -0.2) is 23.4 Å². The lowest BCUT2D eigenvalue weighted by Crippen LogP contribution is -2.30. The highest BCUT2D eigenvalue weighted by Gasteiger charge is 2.38. The average molecular weight is 300 g/mol. The van der Waals surface area contributed by atoms with E-state index in [0.29, 0.717) is 0 Å². The van der Waals surface area contributed by atoms with Crippen LogP contribution in [0.2, 0.25) is 0 Å². The number of nitrogens with one attached hydrogen (secondary N) is 1. The van der Waals surface area contributed by atoms with E-state index in [1.54, 1.807) is 11.3 Å². The van der Waals surface area contributed by atoms with Gasteiger partial charge < -0.3 is 4.90 Å². The zero-order chi connectivity index (χ0) is 14.8. The van der Waals surface area contributed by atoms with Gasteiger partial charge in [-0.1, -0.05) is 37.3 Å². The van der Waals surface area contributed by atoms with E-state index in [1.807, 2.05) is 17.9 Å². The molecule has 1 aromatic heterocycles. The van der Waals surface area contributed by atoms with Crippen LogP contribution in [0.4, 0.5) is 0 Å². The van der Waals surface area contributed by atoms with Crippen LogP contribution in [-0.2, 0) is 4.79 Å². The van der Waals surface area contributed by atoms with E-state index >= 15 is 0 Å². The zero-order valence-electron chi connectivity index (χ0n) is 12.4. The third-order valence-electron chi connectivity index (χ3n) is 3.96. The molecule has 3 nitrogen and oxygen atoms in total. The third-order valence-corrected chi connectivity index (χ3v) is 5.14. The predicted molar refractivity (Wildman–Crippen MR) is 87.1 cm³/mol. The van der Waals surface area contributed by atoms with Crippen molar-refractivity contribution in [3.8, 4) is 10.4 Å². The molecule has 0 aliphatic carbocycles. The first kappa shape index (κ1) is 14.3. The minimum Gasteiger partial charge on any atom is -0.321 e. The quantitative estimate of drug-likeness (QED) is 0.935. The zero-order valence-corrected chi connectivity index (χ0v) is 13.2. The molecule has 2 aromatic rings. The minimum atomic E-state index is -0.0442. The summed E-state index contributed by atoms with van der Waals surface area (Å²) in [7, 11) is 0. The number of nitrogens with zero attached hydrogens (tertiary/aromatic N) is 1. The molecule has 1 aromatic carbocycles. The maximum atomic E-state index is 12.3. The summed E-state index contributed by atoms with van der Waals surface area (Å²) in [5.74, 6) is 0.222. The number of rotatable bonds is 4. The fraction of sp³-hybridized carbons (Fsp3) is 0.353. The summed E-state index contributed by atoms with van der Waals surface area (Å²) in [5, 5.41) is 3.46. The van der Waals surface area contributed by atoms with Crippen molar-refractivity contribution in [1.82, 2.24) is 10.2 Å². The molecule has 1 N–H and O–H groups in total. The molecule has 2 heterocycles. The highest BCUT2D eigenvalue weighted by Crippen LogP contribution is 2.35. The molecule has 4 heteroatoms. The molecule has 21 heavy (non-hydrogen) atoms. The van der Waals surface area contributed by atoms with E-state index < -0.39 is 0 Å². The van der Waals surface area contributed by atoms with Crippen LogP contribution in [0.15, 0.2) is 42.5 Å². The summed E-state index contributed by atoms with van der Waals surface area (Å²) >= 11 is 1.76. The predicted octanol–water partition coefficient (Wildman–Crippen LogP) is 3.64. The normalized spacial score (nSPS) is 22.0. The van der Waals surface area contributed by atoms with Gasteiger partial charge in [-0.15, -0.1) is 11.3 Å². The summed E-state index contributed by atoms with van der Waals surface area (Å²) < 4.78 is 0. The summed E-state index contributed by atoms with van der Waals surface area (Å²) in [6.45, 7) is 4.83. The number of hydrogen-bond acceptors (Lipinski definition) is 3. The van der Waals surface area contributed by atoms with Gasteiger partial charge in [0.25, 0.3) is 0 Å². The largest absolute Gasteiger partial charge is 0.321 e. The van der Waals surface area contributed by atoms with Gasteiger partial charge in [0, 0.05) is 16.3 Å². The van der Waals surface area contributed by atoms with Crippen molar-refractivity contribution >= 4 is 17.2 Å². The Balaban J connectivity index is 1.88. The molecule has 0 bridgehead atoms. The number of hydrogen-bond donors (Lipinski definition) is 1. The molecule has 0 spiro atoms. The maximum absolute atomic E-state index is 12.3. The molecule has 1 fully saturated rings. The molecule has 1 aliphatic heterocycles. The van der Waals surface area contributed by atoms with E-state index in [4.69, 9.17) is 0 Å². The Hall–Kier alpha value is -1.65. The number of benzene rings is 1. The molecular formula is C17H20N2OS. The number of carbonyl (C=O) groups is 1. The third kappa shape index (κ3) is 2.61. The summed E-state index contributed by atoms with van der Waals surface area (Å²) in [6, 6.07) is 14.6. The first-order valence-electron chi connectivity index (χ1n) is 7.46. The Bertz CT molecular complexity index is 623. The van der Waals surface area contributed by atoms with E-state index in [2.05, 4.69) is 48.6 Å². The number of likely N-dealkylation sites (N-methyl/N-ethyl adjacent to an activating group) is 1. The highest BCUT2D eigenvalue weighted by atomic mass is 32.1. The highest BCUT2D eigenvalue weighted by molar-refractivity contribution is 7.15. The topological polar surface area (TPSA) is 32.3 Å². The number of thiophene rings is 1. The van der Waals surface area contributed by atoms with Gasteiger partial charge in [-0.05, 0) is 31.0 Å². The van der Waals surface area contributed by atoms with Gasteiger partial charge in [-0.3, -0.25) is 10.1 Å². The van der Waals surface area contributed by atoms with Crippen LogP contribution in [0.3, 0.4) is 0 Å². The van der Waals surface area contributed by atoms with E-state index in [0.717, 1.165) is 13.0 Å². The second-order valence-electron chi connectivity index (χ2n) is 5.22. The molecule has 0 radical (unpaired) electrons. The van der Waals surface area contributed by atoms with Gasteiger partial charge in [-0.2, -0.15) is 0 Å². The van der Waals surface area contributed by atoms with E-state index in [9.17, 15) is 4.79 Å². The lowest BCUT2D eigenvalue weighted by Gasteiger charge is -2.21. The molecule has 1 saturated heterocycles. The maximum Gasteiger partial charge on any atom is 0.241 e. The van der Waals surface area contributed by atoms with Crippen LogP contribution >= 0.6 is 11.3 Å². The lowest BCUT2D eigenvalue weighted by atomic mass is 10.2. The molecule has 2 atom stereocenters. The van der Waals surface area contributed by atoms with Crippen molar-refractivity contribution in [2.45, 2.75) is 32.5 Å². The van der Waals surface area contributed by atoms with E-state index in [1.165, 1.54) is 15.3 Å². The molecular weight excluding hydrogens is 280 g/mol. The Morgan fingerprint density at radius 1 is 1.14 bits per heavy atom. The first-order chi connectivity index (χ1) is 10.2. The van der Waals surface area contributed by atoms with Crippen molar-refractivity contribution in [3.05, 3.63) is 47.3 Å². The van der Waals surface area contributed by atoms with Crippen molar-refractivity contribution in [2.24, 2.45) is 0 Å². The Labute approximate surface area is 129 Å². The summed E-state index contributed by atoms with van der Waals surface area (Å²) in [4.78, 5) is 16.7. The second kappa shape index (κ2) is 6.00. The monoisotopic (exact) mass is 300 g/mol. The molecule has 1 aliphatic rings. The van der Waals surface area contributed by atoms with Gasteiger partial charge >= 0.3 is 0 Å². The van der Waals surface area contributed by atoms with Gasteiger partial charge in [0.2, 0.25) is 5.91 Å². The molecule has 110 valence electrons. The molecule has 0 saturated carbocycles. The molecule has 2 unspecified atom stereocenters. The van der Waals surface area contributed by atoms with Crippen molar-refractivity contribution < 1.29 is 4.79 Å². The standard InChI is InChI=1S/C17H20N2OS/c1-3-13-17(20)19(4-2)16(18-13)15-11-10-14(21-15)12-8-6-5-7-9-12/h5-11,13,16,18H,3-4H2,1-2H3. The smallest absolute Gasteiger partial charge is 0.241 e. The fourth-order valence-corrected chi connectivity index (χ4v) is 3.89. The lowest BCUT2D eigenvalue weighted by molar-refractivity contribution is -0.129. The number of carbonyl (C=O) groups excluding carboxylic acids is 1. The number of amides is 1. The van der Waals surface area contributed by atoms with Gasteiger partial charge in [0.05, 0.1) is 6.04 Å². The van der Waals surface area contributed by atoms with Gasteiger partial charge in [0.15, 0.2) is 0 Å². The molecule has 1 amide bonds. The van der Waals surface area contributed by atoms with Crippen LogP contribution in [0.5, 0.6) is 0 Å². The first-order valence-corrected chi connectivity index (χ1v) is 8.28. The fourth-order valence-electron chi connectivity index (χ4n) is 2.80. The van der Waals surface area contributed by atoms with Crippen LogP contribution in [0, 0.1) is 0 Å². The Kier molecular flexibility index (Phi) is 4.08. The minimum absolute atomic E-state index is 0.0231. The van der Waals surface area contributed by atoms with E-state index in [-0.39, 0.29) is 18.1 Å². The SMILES string of the molecule is CCC1NC(c2ccc(-c3ccccc3)s2)N(CC)C1=O. The van der Waals surface area contributed by atoms with Crippen molar-refractivity contribution in [1.29, 1.82) is 0 Å². The second-order valence-corrected chi connectivity index (χ2v) is 6.34. The van der Waals surface area contributed by atoms with Crippen LogP contribution in [0.1, 0.15) is 31.3 Å². The van der Waals surface area contributed by atoms with Gasteiger partial charge in [-0.25, -0.2) is 0 Å². The van der Waals surface area contributed by atoms with Crippen LogP contribution < -0.4 is 5.32 Å². The Morgan fingerprint density at radius 2 is 1.90 bits per heavy atom. The summed E-state index contributed by atoms with van der Waals surface area (Å²) in [6.07, 6.45) is 0.859. The van der Waals surface area contributed by atoms with Crippen LogP contribution in [0.25, 0.3) is 10.4 Å². The van der Waals surface area contributed by atoms with Crippen molar-refractivity contribution in [3.63, 3.8) is 0 Å². The average Bonchev–Trinajstić information content (AvgIpc) is 3.12. The Morgan fingerprint density at radius 3 is 2.57 bits per heavy atom. The van der Waals surface area contributed by atoms with Crippen molar-refractivity contribution in [2.75, 3.05) is 6.54 Å². The molecule has 3 rings (SSSR count). The summed E-state index contributed by atoms with van der Waals surface area (Å²) in [5.41, 5.74) is 1.23.